The lowest BCUT2D eigenvalue weighted by molar-refractivity contribution is 0.0979. The number of carbonyl (C=O) groups is 1. The summed E-state index contributed by atoms with van der Waals surface area (Å²) in [4.78, 5) is 14.7. The van der Waals surface area contributed by atoms with E-state index in [1.807, 2.05) is 13.0 Å². The van der Waals surface area contributed by atoms with Crippen molar-refractivity contribution in [3.63, 3.8) is 0 Å². The molecule has 25 heavy (non-hydrogen) atoms. The van der Waals surface area contributed by atoms with Crippen molar-refractivity contribution in [1.29, 1.82) is 0 Å². The number of sulfone groups is 1. The van der Waals surface area contributed by atoms with Crippen molar-refractivity contribution in [2.75, 3.05) is 23.0 Å². The molecule has 0 N–H and O–H groups in total. The summed E-state index contributed by atoms with van der Waals surface area (Å²) in [7, 11) is -3.10. The highest BCUT2D eigenvalue weighted by atomic mass is 32.2. The lowest BCUT2D eigenvalue weighted by Gasteiger charge is -2.28. The number of hydrogen-bond acceptors (Lipinski definition) is 4. The zero-order chi connectivity index (χ0) is 17.9. The molecule has 1 aliphatic rings. The van der Waals surface area contributed by atoms with Gasteiger partial charge in [-0.1, -0.05) is 18.2 Å². The van der Waals surface area contributed by atoms with Crippen molar-refractivity contribution < 1.29 is 17.9 Å². The Labute approximate surface area is 148 Å². The number of carbonyl (C=O) groups excluding carboxylic acids is 1. The number of hydrogen-bond donors (Lipinski definition) is 0. The van der Waals surface area contributed by atoms with Crippen LogP contribution in [-0.2, 0) is 9.84 Å². The maximum Gasteiger partial charge on any atom is 0.258 e. The molecule has 6 heteroatoms. The van der Waals surface area contributed by atoms with E-state index in [0.29, 0.717) is 24.3 Å². The average molecular weight is 359 g/mol. The summed E-state index contributed by atoms with van der Waals surface area (Å²) in [6.07, 6.45) is 0.452. The number of amides is 1. The van der Waals surface area contributed by atoms with Gasteiger partial charge in [-0.3, -0.25) is 4.79 Å². The van der Waals surface area contributed by atoms with Gasteiger partial charge in [-0.15, -0.1) is 0 Å². The van der Waals surface area contributed by atoms with Crippen molar-refractivity contribution in [1.82, 2.24) is 0 Å². The quantitative estimate of drug-likeness (QED) is 0.823. The van der Waals surface area contributed by atoms with E-state index in [-0.39, 0.29) is 23.5 Å². The van der Waals surface area contributed by atoms with Gasteiger partial charge in [-0.05, 0) is 49.7 Å². The first-order valence-corrected chi connectivity index (χ1v) is 10.1. The van der Waals surface area contributed by atoms with Crippen molar-refractivity contribution in [3.8, 4) is 5.75 Å². The molecular weight excluding hydrogens is 338 g/mol. The van der Waals surface area contributed by atoms with Crippen LogP contribution in [-0.4, -0.2) is 38.5 Å². The van der Waals surface area contributed by atoms with Crippen molar-refractivity contribution in [2.45, 2.75) is 19.4 Å². The fraction of sp³-hybridized carbons (Fsp3) is 0.316. The number of ether oxygens (including phenoxy) is 1. The fourth-order valence-electron chi connectivity index (χ4n) is 3.06. The monoisotopic (exact) mass is 359 g/mol. The molecule has 0 spiro atoms. The van der Waals surface area contributed by atoms with Crippen molar-refractivity contribution in [2.24, 2.45) is 0 Å². The van der Waals surface area contributed by atoms with Gasteiger partial charge in [0, 0.05) is 11.3 Å². The minimum atomic E-state index is -3.10. The third kappa shape index (κ3) is 4.02. The smallest absolute Gasteiger partial charge is 0.258 e. The molecule has 0 aromatic heterocycles. The molecule has 3 rings (SSSR count). The molecule has 1 atom stereocenters. The second-order valence-corrected chi connectivity index (χ2v) is 8.25. The maximum atomic E-state index is 13.1. The Bertz CT molecular complexity index is 831. The molecule has 1 amide bonds. The standard InChI is InChI=1S/C19H21NO4S/c1-2-24-18-10-8-16(9-11-18)20(17-12-13-25(22,23)14-17)19(21)15-6-4-3-5-7-15/h3-11,17H,2,12-14H2,1H3. The van der Waals surface area contributed by atoms with Crippen LogP contribution in [0.3, 0.4) is 0 Å². The summed E-state index contributed by atoms with van der Waals surface area (Å²) in [6.45, 7) is 2.47. The van der Waals surface area contributed by atoms with E-state index in [1.54, 1.807) is 53.4 Å². The molecule has 1 fully saturated rings. The van der Waals surface area contributed by atoms with Crippen LogP contribution in [0.2, 0.25) is 0 Å². The van der Waals surface area contributed by atoms with E-state index in [0.717, 1.165) is 5.75 Å². The molecule has 2 aromatic carbocycles. The summed E-state index contributed by atoms with van der Waals surface area (Å²) in [6, 6.07) is 15.8. The Balaban J connectivity index is 1.95. The van der Waals surface area contributed by atoms with E-state index >= 15 is 0 Å². The van der Waals surface area contributed by atoms with Gasteiger partial charge in [0.1, 0.15) is 5.75 Å². The van der Waals surface area contributed by atoms with Crippen LogP contribution < -0.4 is 9.64 Å². The Kier molecular flexibility index (Phi) is 5.08. The zero-order valence-corrected chi connectivity index (χ0v) is 14.9. The predicted octanol–water partition coefficient (Wildman–Crippen LogP) is 2.92. The number of nitrogens with zero attached hydrogens (tertiary/aromatic N) is 1. The van der Waals surface area contributed by atoms with Gasteiger partial charge >= 0.3 is 0 Å². The molecule has 0 radical (unpaired) electrons. The molecule has 1 aliphatic heterocycles. The summed E-state index contributed by atoms with van der Waals surface area (Å²) in [5.41, 5.74) is 1.22. The molecule has 0 bridgehead atoms. The van der Waals surface area contributed by atoms with Gasteiger partial charge in [0.25, 0.3) is 5.91 Å². The lowest BCUT2D eigenvalue weighted by Crippen LogP contribution is -2.41. The Morgan fingerprint density at radius 1 is 1.12 bits per heavy atom. The van der Waals surface area contributed by atoms with Crippen LogP contribution >= 0.6 is 0 Å². The Morgan fingerprint density at radius 3 is 2.36 bits per heavy atom. The van der Waals surface area contributed by atoms with E-state index in [4.69, 9.17) is 4.74 Å². The minimum absolute atomic E-state index is 0.00121. The molecule has 5 nitrogen and oxygen atoms in total. The van der Waals surface area contributed by atoms with E-state index in [1.165, 1.54) is 0 Å². The molecule has 2 aromatic rings. The third-order valence-electron chi connectivity index (χ3n) is 4.24. The van der Waals surface area contributed by atoms with Gasteiger partial charge in [0.2, 0.25) is 0 Å². The van der Waals surface area contributed by atoms with E-state index in [2.05, 4.69) is 0 Å². The molecule has 0 aliphatic carbocycles. The summed E-state index contributed by atoms with van der Waals surface area (Å²) >= 11 is 0. The third-order valence-corrected chi connectivity index (χ3v) is 5.99. The first kappa shape index (κ1) is 17.5. The average Bonchev–Trinajstić information content (AvgIpc) is 2.97. The van der Waals surface area contributed by atoms with Gasteiger partial charge < -0.3 is 9.64 Å². The first-order chi connectivity index (χ1) is 12.0. The number of anilines is 1. The predicted molar refractivity (Wildman–Crippen MR) is 97.9 cm³/mol. The molecule has 0 saturated carbocycles. The van der Waals surface area contributed by atoms with Gasteiger partial charge in [-0.2, -0.15) is 0 Å². The lowest BCUT2D eigenvalue weighted by atomic mass is 10.1. The Morgan fingerprint density at radius 2 is 1.80 bits per heavy atom. The van der Waals surface area contributed by atoms with Gasteiger partial charge in [0.15, 0.2) is 9.84 Å². The Hall–Kier alpha value is -2.34. The first-order valence-electron chi connectivity index (χ1n) is 8.32. The van der Waals surface area contributed by atoms with Crippen molar-refractivity contribution in [3.05, 3.63) is 60.2 Å². The largest absolute Gasteiger partial charge is 0.494 e. The van der Waals surface area contributed by atoms with E-state index < -0.39 is 9.84 Å². The molecule has 1 unspecified atom stereocenters. The van der Waals surface area contributed by atoms with Crippen LogP contribution in [0.1, 0.15) is 23.7 Å². The summed E-state index contributed by atoms with van der Waals surface area (Å²) in [5, 5.41) is 0. The number of benzene rings is 2. The molecular formula is C19H21NO4S. The minimum Gasteiger partial charge on any atom is -0.494 e. The van der Waals surface area contributed by atoms with Crippen LogP contribution in [0, 0.1) is 0 Å². The highest BCUT2D eigenvalue weighted by molar-refractivity contribution is 7.91. The maximum absolute atomic E-state index is 13.1. The molecule has 1 heterocycles. The van der Waals surface area contributed by atoms with Gasteiger partial charge in [0.05, 0.1) is 24.2 Å². The van der Waals surface area contributed by atoms with Crippen LogP contribution in [0.25, 0.3) is 0 Å². The topological polar surface area (TPSA) is 63.7 Å². The fourth-order valence-corrected chi connectivity index (χ4v) is 4.76. The van der Waals surface area contributed by atoms with E-state index in [9.17, 15) is 13.2 Å². The summed E-state index contributed by atoms with van der Waals surface area (Å²) < 4.78 is 29.3. The summed E-state index contributed by atoms with van der Waals surface area (Å²) in [5.74, 6) is 0.649. The second kappa shape index (κ2) is 7.27. The van der Waals surface area contributed by atoms with Crippen LogP contribution in [0.4, 0.5) is 5.69 Å². The highest BCUT2D eigenvalue weighted by Crippen LogP contribution is 2.28. The normalized spacial score (nSPS) is 18.7. The molecule has 132 valence electrons. The van der Waals surface area contributed by atoms with Crippen LogP contribution in [0.15, 0.2) is 54.6 Å². The SMILES string of the molecule is CCOc1ccc(N(C(=O)c2ccccc2)C2CCS(=O)(=O)C2)cc1. The van der Waals surface area contributed by atoms with Crippen molar-refractivity contribution >= 4 is 21.4 Å². The van der Waals surface area contributed by atoms with Gasteiger partial charge in [-0.25, -0.2) is 8.42 Å². The molecule has 1 saturated heterocycles. The second-order valence-electron chi connectivity index (χ2n) is 6.02. The zero-order valence-electron chi connectivity index (χ0n) is 14.1. The number of rotatable bonds is 5. The van der Waals surface area contributed by atoms with Crippen LogP contribution in [0.5, 0.6) is 5.75 Å². The highest BCUT2D eigenvalue weighted by Gasteiger charge is 2.35.